The van der Waals surface area contributed by atoms with Crippen LogP contribution in [0.4, 0.5) is 5.82 Å². The highest BCUT2D eigenvalue weighted by Crippen LogP contribution is 2.28. The number of pyridine rings is 1. The van der Waals surface area contributed by atoms with Gasteiger partial charge in [-0.3, -0.25) is 0 Å². The van der Waals surface area contributed by atoms with E-state index in [1.54, 1.807) is 7.11 Å². The number of methoxy groups -OCH3 is 1. The zero-order valence-corrected chi connectivity index (χ0v) is 12.8. The van der Waals surface area contributed by atoms with Crippen molar-refractivity contribution < 1.29 is 4.74 Å². The highest BCUT2D eigenvalue weighted by molar-refractivity contribution is 5.93. The summed E-state index contributed by atoms with van der Waals surface area (Å²) in [5, 5.41) is 11.1. The van der Waals surface area contributed by atoms with Crippen molar-refractivity contribution in [3.63, 3.8) is 0 Å². The third kappa shape index (κ3) is 3.63. The second kappa shape index (κ2) is 6.94. The first-order chi connectivity index (χ1) is 10.2. The van der Waals surface area contributed by atoms with Crippen molar-refractivity contribution in [1.29, 1.82) is 5.26 Å². The van der Waals surface area contributed by atoms with Gasteiger partial charge in [-0.15, -0.1) is 0 Å². The minimum atomic E-state index is 0.501. The maximum atomic E-state index is 8.86. The van der Waals surface area contributed by atoms with E-state index in [4.69, 9.17) is 10.00 Å². The first kappa shape index (κ1) is 15.1. The lowest BCUT2D eigenvalue weighted by molar-refractivity contribution is 0.415. The van der Waals surface area contributed by atoms with Crippen molar-refractivity contribution in [3.8, 4) is 11.8 Å². The number of aromatic nitrogens is 1. The molecule has 2 aromatic rings. The summed E-state index contributed by atoms with van der Waals surface area (Å²) in [5.41, 5.74) is 0. The molecule has 0 saturated carbocycles. The minimum Gasteiger partial charge on any atom is -0.497 e. The quantitative estimate of drug-likeness (QED) is 0.812. The predicted molar refractivity (Wildman–Crippen MR) is 85.6 cm³/mol. The van der Waals surface area contributed by atoms with E-state index in [9.17, 15) is 0 Å². The van der Waals surface area contributed by atoms with Crippen molar-refractivity contribution in [2.75, 3.05) is 25.1 Å². The monoisotopic (exact) mass is 283 g/mol. The molecule has 0 amide bonds. The molecule has 1 heterocycles. The second-order valence-electron chi connectivity index (χ2n) is 5.47. The summed E-state index contributed by atoms with van der Waals surface area (Å²) >= 11 is 0. The summed E-state index contributed by atoms with van der Waals surface area (Å²) in [7, 11) is 1.67. The van der Waals surface area contributed by atoms with E-state index >= 15 is 0 Å². The molecule has 0 spiro atoms. The molecule has 0 atom stereocenters. The lowest BCUT2D eigenvalue weighted by Crippen LogP contribution is -2.29. The van der Waals surface area contributed by atoms with Crippen LogP contribution in [0, 0.1) is 17.2 Å². The van der Waals surface area contributed by atoms with Gasteiger partial charge in [0.25, 0.3) is 0 Å². The summed E-state index contributed by atoms with van der Waals surface area (Å²) < 4.78 is 5.28. The van der Waals surface area contributed by atoms with Crippen LogP contribution in [0.25, 0.3) is 10.8 Å². The smallest absolute Gasteiger partial charge is 0.136 e. The minimum absolute atomic E-state index is 0.501. The Balaban J connectivity index is 2.44. The molecule has 0 saturated heterocycles. The Bertz CT molecular complexity index is 646. The molecular formula is C17H21N3O. The predicted octanol–water partition coefficient (Wildman–Crippen LogP) is 3.62. The van der Waals surface area contributed by atoms with Gasteiger partial charge in [-0.05, 0) is 35.6 Å². The van der Waals surface area contributed by atoms with E-state index in [-0.39, 0.29) is 0 Å². The molecule has 110 valence electrons. The van der Waals surface area contributed by atoms with Crippen LogP contribution < -0.4 is 9.64 Å². The largest absolute Gasteiger partial charge is 0.497 e. The number of benzene rings is 1. The average molecular weight is 283 g/mol. The van der Waals surface area contributed by atoms with Crippen molar-refractivity contribution in [2.45, 2.75) is 20.3 Å². The van der Waals surface area contributed by atoms with Crippen LogP contribution >= 0.6 is 0 Å². The van der Waals surface area contributed by atoms with Crippen LogP contribution in [-0.2, 0) is 0 Å². The maximum absolute atomic E-state index is 8.86. The number of hydrogen-bond donors (Lipinski definition) is 0. The van der Waals surface area contributed by atoms with Crippen molar-refractivity contribution in [2.24, 2.45) is 5.92 Å². The molecule has 2 rings (SSSR count). The van der Waals surface area contributed by atoms with Crippen LogP contribution in [0.3, 0.4) is 0 Å². The lowest BCUT2D eigenvalue weighted by Gasteiger charge is -2.26. The Kier molecular flexibility index (Phi) is 4.99. The number of ether oxygens (including phenoxy) is 1. The van der Waals surface area contributed by atoms with Gasteiger partial charge in [0.05, 0.1) is 19.6 Å². The number of hydrogen-bond acceptors (Lipinski definition) is 4. The topological polar surface area (TPSA) is 49.1 Å². The SMILES string of the molecule is COc1ccc2c(N(CCC#N)CC(C)C)nccc2c1. The molecule has 0 aliphatic rings. The van der Waals surface area contributed by atoms with Crippen LogP contribution in [-0.4, -0.2) is 25.2 Å². The second-order valence-corrected chi connectivity index (χ2v) is 5.47. The van der Waals surface area contributed by atoms with Gasteiger partial charge in [-0.1, -0.05) is 13.8 Å². The summed E-state index contributed by atoms with van der Waals surface area (Å²) in [6, 6.07) is 10.2. The summed E-state index contributed by atoms with van der Waals surface area (Å²) in [6.45, 7) is 5.94. The molecule has 0 aliphatic carbocycles. The fourth-order valence-corrected chi connectivity index (χ4v) is 2.43. The molecule has 4 nitrogen and oxygen atoms in total. The van der Waals surface area contributed by atoms with Crippen molar-refractivity contribution >= 4 is 16.6 Å². The van der Waals surface area contributed by atoms with Crippen molar-refractivity contribution in [1.82, 2.24) is 4.98 Å². The van der Waals surface area contributed by atoms with Crippen LogP contribution in [0.1, 0.15) is 20.3 Å². The number of nitriles is 1. The Morgan fingerprint density at radius 2 is 2.14 bits per heavy atom. The van der Waals surface area contributed by atoms with Gasteiger partial charge < -0.3 is 9.64 Å². The zero-order chi connectivity index (χ0) is 15.2. The summed E-state index contributed by atoms with van der Waals surface area (Å²) in [4.78, 5) is 6.74. The Hall–Kier alpha value is -2.28. The molecule has 0 N–H and O–H groups in total. The van der Waals surface area contributed by atoms with Gasteiger partial charge in [0.15, 0.2) is 0 Å². The number of rotatable bonds is 6. The normalized spacial score (nSPS) is 10.6. The first-order valence-corrected chi connectivity index (χ1v) is 7.20. The maximum Gasteiger partial charge on any atom is 0.136 e. The van der Waals surface area contributed by atoms with E-state index < -0.39 is 0 Å². The zero-order valence-electron chi connectivity index (χ0n) is 12.8. The molecular weight excluding hydrogens is 262 g/mol. The fourth-order valence-electron chi connectivity index (χ4n) is 2.43. The molecule has 4 heteroatoms. The van der Waals surface area contributed by atoms with Gasteiger partial charge in [-0.2, -0.15) is 5.26 Å². The Morgan fingerprint density at radius 1 is 1.33 bits per heavy atom. The molecule has 0 bridgehead atoms. The standard InChI is InChI=1S/C17H21N3O/c1-13(2)12-20(10-4-8-18)17-16-6-5-15(21-3)11-14(16)7-9-19-17/h5-7,9,11,13H,4,10,12H2,1-3H3. The highest BCUT2D eigenvalue weighted by Gasteiger charge is 2.13. The van der Waals surface area contributed by atoms with Crippen LogP contribution in [0.5, 0.6) is 5.75 Å². The van der Waals surface area contributed by atoms with E-state index in [0.29, 0.717) is 18.9 Å². The summed E-state index contributed by atoms with van der Waals surface area (Å²) in [6.07, 6.45) is 2.32. The van der Waals surface area contributed by atoms with E-state index in [1.165, 1.54) is 0 Å². The van der Waals surface area contributed by atoms with E-state index in [2.05, 4.69) is 29.8 Å². The van der Waals surface area contributed by atoms with Gasteiger partial charge in [0, 0.05) is 24.7 Å². The number of anilines is 1. The van der Waals surface area contributed by atoms with Crippen LogP contribution in [0.2, 0.25) is 0 Å². The third-order valence-corrected chi connectivity index (χ3v) is 3.33. The van der Waals surface area contributed by atoms with E-state index in [1.807, 2.05) is 30.5 Å². The van der Waals surface area contributed by atoms with Crippen LogP contribution in [0.15, 0.2) is 30.5 Å². The molecule has 0 unspecified atom stereocenters. The Labute approximate surface area is 126 Å². The summed E-state index contributed by atoms with van der Waals surface area (Å²) in [5.74, 6) is 2.30. The molecule has 1 aromatic carbocycles. The molecule has 0 fully saturated rings. The number of nitrogens with zero attached hydrogens (tertiary/aromatic N) is 3. The molecule has 0 radical (unpaired) electrons. The van der Waals surface area contributed by atoms with E-state index in [0.717, 1.165) is 28.9 Å². The number of fused-ring (bicyclic) bond motifs is 1. The average Bonchev–Trinajstić information content (AvgIpc) is 2.50. The Morgan fingerprint density at radius 3 is 2.81 bits per heavy atom. The van der Waals surface area contributed by atoms with Gasteiger partial charge >= 0.3 is 0 Å². The molecule has 1 aromatic heterocycles. The lowest BCUT2D eigenvalue weighted by atomic mass is 10.1. The van der Waals surface area contributed by atoms with Gasteiger partial charge in [-0.25, -0.2) is 4.98 Å². The molecule has 0 aliphatic heterocycles. The highest BCUT2D eigenvalue weighted by atomic mass is 16.5. The molecule has 21 heavy (non-hydrogen) atoms. The first-order valence-electron chi connectivity index (χ1n) is 7.20. The van der Waals surface area contributed by atoms with Gasteiger partial charge in [0.2, 0.25) is 0 Å². The fraction of sp³-hybridized carbons (Fsp3) is 0.412. The van der Waals surface area contributed by atoms with Gasteiger partial charge in [0.1, 0.15) is 11.6 Å². The third-order valence-electron chi connectivity index (χ3n) is 3.33. The van der Waals surface area contributed by atoms with Crippen molar-refractivity contribution in [3.05, 3.63) is 30.5 Å².